The quantitative estimate of drug-likeness (QED) is 0.141. The largest absolute Gasteiger partial charge is 0.356 e. The van der Waals surface area contributed by atoms with Crippen LogP contribution in [0.1, 0.15) is 117 Å². The first-order valence-corrected chi connectivity index (χ1v) is 15.0. The van der Waals surface area contributed by atoms with Gasteiger partial charge in [-0.2, -0.15) is 8.42 Å². The summed E-state index contributed by atoms with van der Waals surface area (Å²) in [4.78, 5) is 12.4. The van der Waals surface area contributed by atoms with Crippen LogP contribution in [0.15, 0.2) is 0 Å². The third kappa shape index (κ3) is 24.0. The summed E-state index contributed by atoms with van der Waals surface area (Å²) < 4.78 is 26.4. The molecule has 0 heterocycles. The van der Waals surface area contributed by atoms with Crippen LogP contribution in [0.4, 0.5) is 0 Å². The lowest BCUT2D eigenvalue weighted by Crippen LogP contribution is -2.27. The summed E-state index contributed by atoms with van der Waals surface area (Å²) in [5, 5.41) is 6.29. The van der Waals surface area contributed by atoms with Crippen molar-refractivity contribution in [2.75, 3.05) is 32.5 Å². The van der Waals surface area contributed by atoms with Gasteiger partial charge in [0.05, 0.1) is 12.9 Å². The molecule has 0 spiro atoms. The van der Waals surface area contributed by atoms with Gasteiger partial charge in [-0.1, -0.05) is 84.5 Å². The number of hydrogen-bond donors (Lipinski definition) is 2. The minimum absolute atomic E-state index is 0.174. The Labute approximate surface area is 199 Å². The van der Waals surface area contributed by atoms with E-state index in [0.717, 1.165) is 38.6 Å². The highest BCUT2D eigenvalue weighted by atomic mass is 32.2. The van der Waals surface area contributed by atoms with Crippen molar-refractivity contribution < 1.29 is 17.4 Å². The van der Waals surface area contributed by atoms with E-state index >= 15 is 0 Å². The van der Waals surface area contributed by atoms with Gasteiger partial charge in [0, 0.05) is 19.5 Å². The second-order valence-corrected chi connectivity index (χ2v) is 10.8. The first-order valence-electron chi connectivity index (χ1n) is 13.2. The Morgan fingerprint density at radius 1 is 0.750 bits per heavy atom. The van der Waals surface area contributed by atoms with Crippen molar-refractivity contribution in [1.29, 1.82) is 0 Å². The Balaban J connectivity index is 3.85. The van der Waals surface area contributed by atoms with Gasteiger partial charge in [-0.05, 0) is 38.1 Å². The van der Waals surface area contributed by atoms with Crippen molar-refractivity contribution in [3.8, 4) is 0 Å². The molecule has 0 aromatic carbocycles. The monoisotopic (exact) mass is 476 g/mol. The van der Waals surface area contributed by atoms with Crippen LogP contribution in [0.25, 0.3) is 0 Å². The number of rotatable bonds is 24. The van der Waals surface area contributed by atoms with E-state index in [-0.39, 0.29) is 12.5 Å². The van der Waals surface area contributed by atoms with E-state index in [2.05, 4.69) is 28.7 Å². The lowest BCUT2D eigenvalue weighted by Gasteiger charge is -2.17. The van der Waals surface area contributed by atoms with E-state index in [0.29, 0.717) is 18.9 Å². The Hall–Kier alpha value is -0.660. The van der Waals surface area contributed by atoms with Crippen LogP contribution >= 0.6 is 0 Å². The molecule has 1 atom stereocenters. The molecule has 0 saturated heterocycles. The number of amides is 1. The van der Waals surface area contributed by atoms with Crippen LogP contribution in [0, 0.1) is 5.92 Å². The van der Waals surface area contributed by atoms with E-state index in [1.54, 1.807) is 0 Å². The molecule has 32 heavy (non-hydrogen) atoms. The molecule has 0 aliphatic carbocycles. The van der Waals surface area contributed by atoms with Crippen molar-refractivity contribution in [2.45, 2.75) is 117 Å². The van der Waals surface area contributed by atoms with Gasteiger partial charge in [-0.15, -0.1) is 0 Å². The predicted octanol–water partition coefficient (Wildman–Crippen LogP) is 5.57. The lowest BCUT2D eigenvalue weighted by atomic mass is 9.91. The van der Waals surface area contributed by atoms with Crippen LogP contribution < -0.4 is 10.6 Å². The van der Waals surface area contributed by atoms with Gasteiger partial charge < -0.3 is 10.6 Å². The fourth-order valence-electron chi connectivity index (χ4n) is 3.93. The van der Waals surface area contributed by atoms with E-state index in [1.807, 2.05) is 0 Å². The minimum atomic E-state index is -3.34. The van der Waals surface area contributed by atoms with Gasteiger partial charge >= 0.3 is 0 Å². The molecule has 1 unspecified atom stereocenters. The maximum atomic E-state index is 12.4. The molecule has 6 nitrogen and oxygen atoms in total. The average Bonchev–Trinajstić information content (AvgIpc) is 2.74. The summed E-state index contributed by atoms with van der Waals surface area (Å²) >= 11 is 0. The Kier molecular flexibility index (Phi) is 21.7. The molecule has 0 aromatic heterocycles. The first kappa shape index (κ1) is 31.3. The molecule has 0 bridgehead atoms. The number of carbonyl (C=O) groups is 1. The zero-order valence-electron chi connectivity index (χ0n) is 21.3. The van der Waals surface area contributed by atoms with Gasteiger partial charge in [0.1, 0.15) is 0 Å². The Morgan fingerprint density at radius 2 is 1.28 bits per heavy atom. The second kappa shape index (κ2) is 22.1. The van der Waals surface area contributed by atoms with E-state index < -0.39 is 10.1 Å². The van der Waals surface area contributed by atoms with Crippen molar-refractivity contribution in [2.24, 2.45) is 5.92 Å². The zero-order chi connectivity index (χ0) is 23.9. The zero-order valence-corrected chi connectivity index (χ0v) is 22.1. The predicted molar refractivity (Wildman–Crippen MR) is 135 cm³/mol. The maximum absolute atomic E-state index is 12.4. The molecule has 0 radical (unpaired) electrons. The van der Waals surface area contributed by atoms with Crippen molar-refractivity contribution >= 4 is 16.0 Å². The molecule has 0 fully saturated rings. The highest BCUT2D eigenvalue weighted by molar-refractivity contribution is 7.85. The normalized spacial score (nSPS) is 12.7. The fraction of sp³-hybridized carbons (Fsp3) is 0.960. The molecule has 0 aromatic rings. The number of carbonyl (C=O) groups excluding carboxylic acids is 1. The van der Waals surface area contributed by atoms with Gasteiger partial charge in [0.2, 0.25) is 5.91 Å². The van der Waals surface area contributed by atoms with Crippen LogP contribution in [0.2, 0.25) is 0 Å². The van der Waals surface area contributed by atoms with Crippen molar-refractivity contribution in [3.05, 3.63) is 0 Å². The van der Waals surface area contributed by atoms with Gasteiger partial charge in [-0.25, -0.2) is 0 Å². The van der Waals surface area contributed by atoms with Crippen LogP contribution in [-0.4, -0.2) is 46.8 Å². The Bertz CT molecular complexity index is 526. The first-order chi connectivity index (χ1) is 15.4. The smallest absolute Gasteiger partial charge is 0.264 e. The number of nitrogens with one attached hydrogen (secondary N) is 2. The minimum Gasteiger partial charge on any atom is -0.356 e. The van der Waals surface area contributed by atoms with Gasteiger partial charge in [0.15, 0.2) is 0 Å². The highest BCUT2D eigenvalue weighted by Gasteiger charge is 2.13. The van der Waals surface area contributed by atoms with Gasteiger partial charge in [-0.3, -0.25) is 8.98 Å². The third-order valence-electron chi connectivity index (χ3n) is 5.83. The second-order valence-electron chi connectivity index (χ2n) is 9.16. The third-order valence-corrected chi connectivity index (χ3v) is 6.43. The highest BCUT2D eigenvalue weighted by Crippen LogP contribution is 2.22. The summed E-state index contributed by atoms with van der Waals surface area (Å²) in [7, 11) is -3.34. The topological polar surface area (TPSA) is 84.5 Å². The van der Waals surface area contributed by atoms with Gasteiger partial charge in [0.25, 0.3) is 10.1 Å². The SMILES string of the molecule is CCCCCCCCC(CCCCCC)CC(=O)NCCCCCNCCOS(C)(=O)=O. The van der Waals surface area contributed by atoms with E-state index in [9.17, 15) is 13.2 Å². The molecule has 0 aliphatic rings. The summed E-state index contributed by atoms with van der Waals surface area (Å²) in [6, 6.07) is 0. The summed E-state index contributed by atoms with van der Waals surface area (Å²) in [6.45, 7) is 6.77. The van der Waals surface area contributed by atoms with Crippen molar-refractivity contribution in [1.82, 2.24) is 10.6 Å². The number of hydrogen-bond acceptors (Lipinski definition) is 5. The number of unbranched alkanes of at least 4 members (excludes halogenated alkanes) is 10. The Morgan fingerprint density at radius 3 is 1.91 bits per heavy atom. The molecule has 7 heteroatoms. The molecule has 192 valence electrons. The molecule has 1 amide bonds. The maximum Gasteiger partial charge on any atom is 0.264 e. The van der Waals surface area contributed by atoms with Crippen LogP contribution in [0.5, 0.6) is 0 Å². The molecule has 0 rings (SSSR count). The summed E-state index contributed by atoms with van der Waals surface area (Å²) in [5.41, 5.74) is 0. The average molecular weight is 477 g/mol. The summed E-state index contributed by atoms with van der Waals surface area (Å²) in [5.74, 6) is 0.754. The molecule has 0 saturated carbocycles. The van der Waals surface area contributed by atoms with Crippen LogP contribution in [0.3, 0.4) is 0 Å². The van der Waals surface area contributed by atoms with Crippen molar-refractivity contribution in [3.63, 3.8) is 0 Å². The molecule has 0 aliphatic heterocycles. The molecular formula is C25H52N2O4S. The van der Waals surface area contributed by atoms with E-state index in [1.165, 1.54) is 77.0 Å². The van der Waals surface area contributed by atoms with E-state index in [4.69, 9.17) is 0 Å². The standard InChI is InChI=1S/C25H52N2O4S/c1-4-6-8-10-11-14-18-24(17-13-9-7-5-2)23-25(28)27-20-16-12-15-19-26-21-22-31-32(3,29)30/h24,26H,4-23H2,1-3H3,(H,27,28). The fourth-order valence-corrected chi connectivity index (χ4v) is 4.31. The summed E-state index contributed by atoms with van der Waals surface area (Å²) in [6.07, 6.45) is 20.1. The molecular weight excluding hydrogens is 424 g/mol. The molecule has 2 N–H and O–H groups in total. The lowest BCUT2D eigenvalue weighted by molar-refractivity contribution is -0.122. The van der Waals surface area contributed by atoms with Crippen LogP contribution in [-0.2, 0) is 19.1 Å².